The highest BCUT2D eigenvalue weighted by Crippen LogP contribution is 2.13. The van der Waals surface area contributed by atoms with Gasteiger partial charge in [-0.05, 0) is 31.0 Å². The van der Waals surface area contributed by atoms with E-state index in [0.29, 0.717) is 13.2 Å². The van der Waals surface area contributed by atoms with E-state index >= 15 is 0 Å². The second kappa shape index (κ2) is 10.9. The van der Waals surface area contributed by atoms with Crippen molar-refractivity contribution < 1.29 is 9.47 Å². The van der Waals surface area contributed by atoms with E-state index in [-0.39, 0.29) is 0 Å². The van der Waals surface area contributed by atoms with E-state index in [9.17, 15) is 0 Å². The highest BCUT2D eigenvalue weighted by atomic mass is 16.5. The van der Waals surface area contributed by atoms with Crippen LogP contribution in [-0.4, -0.2) is 13.2 Å². The van der Waals surface area contributed by atoms with Crippen LogP contribution in [0.4, 0.5) is 0 Å². The maximum Gasteiger partial charge on any atom is 0.119 e. The maximum atomic E-state index is 5.69. The third-order valence-corrected chi connectivity index (χ3v) is 3.15. The molecule has 0 aromatic heterocycles. The number of ether oxygens (including phenoxy) is 2. The first-order valence-electron chi connectivity index (χ1n) is 7.66. The van der Waals surface area contributed by atoms with Crippen LogP contribution >= 0.6 is 0 Å². The summed E-state index contributed by atoms with van der Waals surface area (Å²) in [4.78, 5) is 0. The van der Waals surface area contributed by atoms with Crippen LogP contribution in [0.15, 0.2) is 24.3 Å². The SMILES string of the molecule is CCCCCCCCOCc1ccc(OCC)cc1. The van der Waals surface area contributed by atoms with Crippen molar-refractivity contribution in [3.63, 3.8) is 0 Å². The van der Waals surface area contributed by atoms with E-state index in [1.165, 1.54) is 44.1 Å². The van der Waals surface area contributed by atoms with Gasteiger partial charge in [0.1, 0.15) is 5.75 Å². The predicted molar refractivity (Wildman–Crippen MR) is 80.6 cm³/mol. The number of hydrogen-bond acceptors (Lipinski definition) is 2. The molecule has 0 unspecified atom stereocenters. The van der Waals surface area contributed by atoms with Gasteiger partial charge in [-0.1, -0.05) is 51.2 Å². The van der Waals surface area contributed by atoms with E-state index in [1.54, 1.807) is 0 Å². The molecular formula is C17H28O2. The zero-order chi connectivity index (χ0) is 13.8. The van der Waals surface area contributed by atoms with Crippen molar-refractivity contribution in [3.05, 3.63) is 29.8 Å². The van der Waals surface area contributed by atoms with Crippen LogP contribution in [0, 0.1) is 0 Å². The van der Waals surface area contributed by atoms with Crippen LogP contribution in [0.1, 0.15) is 57.9 Å². The summed E-state index contributed by atoms with van der Waals surface area (Å²) in [6.45, 7) is 6.55. The molecule has 19 heavy (non-hydrogen) atoms. The van der Waals surface area contributed by atoms with Crippen molar-refractivity contribution in [2.45, 2.75) is 59.0 Å². The molecule has 0 heterocycles. The Kier molecular flexibility index (Phi) is 9.17. The van der Waals surface area contributed by atoms with Crippen molar-refractivity contribution in [2.24, 2.45) is 0 Å². The summed E-state index contributed by atoms with van der Waals surface area (Å²) in [7, 11) is 0. The van der Waals surface area contributed by atoms with E-state index in [4.69, 9.17) is 9.47 Å². The quantitative estimate of drug-likeness (QED) is 0.526. The first kappa shape index (κ1) is 16.0. The summed E-state index contributed by atoms with van der Waals surface area (Å²) < 4.78 is 11.1. The molecule has 108 valence electrons. The maximum absolute atomic E-state index is 5.69. The molecule has 1 aromatic carbocycles. The molecule has 2 heteroatoms. The van der Waals surface area contributed by atoms with Gasteiger partial charge in [0.25, 0.3) is 0 Å². The van der Waals surface area contributed by atoms with Crippen molar-refractivity contribution in [2.75, 3.05) is 13.2 Å². The summed E-state index contributed by atoms with van der Waals surface area (Å²) in [5, 5.41) is 0. The van der Waals surface area contributed by atoms with Gasteiger partial charge in [-0.25, -0.2) is 0 Å². The van der Waals surface area contributed by atoms with Crippen LogP contribution in [0.5, 0.6) is 5.75 Å². The molecule has 0 radical (unpaired) electrons. The first-order chi connectivity index (χ1) is 9.36. The Hall–Kier alpha value is -1.02. The molecule has 0 saturated carbocycles. The minimum atomic E-state index is 0.710. The molecule has 0 aliphatic carbocycles. The molecule has 0 aliphatic rings. The standard InChI is InChI=1S/C17H28O2/c1-3-5-6-7-8-9-14-18-15-16-10-12-17(13-11-16)19-4-2/h10-13H,3-9,14-15H2,1-2H3. The molecule has 0 amide bonds. The molecule has 0 spiro atoms. The van der Waals surface area contributed by atoms with Crippen LogP contribution in [0.3, 0.4) is 0 Å². The first-order valence-corrected chi connectivity index (χ1v) is 7.66. The predicted octanol–water partition coefficient (Wildman–Crippen LogP) is 4.96. The van der Waals surface area contributed by atoms with Gasteiger partial charge >= 0.3 is 0 Å². The Morgan fingerprint density at radius 1 is 0.842 bits per heavy atom. The fraction of sp³-hybridized carbons (Fsp3) is 0.647. The van der Waals surface area contributed by atoms with Crippen molar-refractivity contribution >= 4 is 0 Å². The third-order valence-electron chi connectivity index (χ3n) is 3.15. The topological polar surface area (TPSA) is 18.5 Å². The van der Waals surface area contributed by atoms with Crippen LogP contribution in [0.2, 0.25) is 0 Å². The molecule has 0 bridgehead atoms. The summed E-state index contributed by atoms with van der Waals surface area (Å²) in [5.74, 6) is 0.933. The zero-order valence-electron chi connectivity index (χ0n) is 12.5. The minimum Gasteiger partial charge on any atom is -0.494 e. The Morgan fingerprint density at radius 3 is 2.21 bits per heavy atom. The Morgan fingerprint density at radius 2 is 1.53 bits per heavy atom. The average Bonchev–Trinajstić information content (AvgIpc) is 2.44. The average molecular weight is 264 g/mol. The minimum absolute atomic E-state index is 0.710. The lowest BCUT2D eigenvalue weighted by Crippen LogP contribution is -1.96. The van der Waals surface area contributed by atoms with E-state index in [0.717, 1.165) is 12.4 Å². The molecule has 0 N–H and O–H groups in total. The largest absolute Gasteiger partial charge is 0.494 e. The lowest BCUT2D eigenvalue weighted by Gasteiger charge is -2.06. The van der Waals surface area contributed by atoms with Gasteiger partial charge in [0.15, 0.2) is 0 Å². The van der Waals surface area contributed by atoms with Crippen LogP contribution in [-0.2, 0) is 11.3 Å². The highest BCUT2D eigenvalue weighted by molar-refractivity contribution is 5.26. The summed E-state index contributed by atoms with van der Waals surface area (Å²) in [6, 6.07) is 8.17. The lowest BCUT2D eigenvalue weighted by molar-refractivity contribution is 0.116. The van der Waals surface area contributed by atoms with Crippen LogP contribution < -0.4 is 4.74 Å². The molecule has 1 rings (SSSR count). The molecular weight excluding hydrogens is 236 g/mol. The molecule has 0 atom stereocenters. The second-order valence-electron chi connectivity index (χ2n) is 4.90. The highest BCUT2D eigenvalue weighted by Gasteiger charge is 1.96. The summed E-state index contributed by atoms with van der Waals surface area (Å²) in [6.07, 6.45) is 7.88. The van der Waals surface area contributed by atoms with E-state index < -0.39 is 0 Å². The van der Waals surface area contributed by atoms with Gasteiger partial charge in [0.05, 0.1) is 13.2 Å². The van der Waals surface area contributed by atoms with Crippen molar-refractivity contribution in [1.82, 2.24) is 0 Å². The van der Waals surface area contributed by atoms with Crippen molar-refractivity contribution in [1.29, 1.82) is 0 Å². The smallest absolute Gasteiger partial charge is 0.119 e. The fourth-order valence-corrected chi connectivity index (χ4v) is 2.02. The summed E-state index contributed by atoms with van der Waals surface area (Å²) >= 11 is 0. The van der Waals surface area contributed by atoms with Gasteiger partial charge in [-0.15, -0.1) is 0 Å². The van der Waals surface area contributed by atoms with Crippen molar-refractivity contribution in [3.8, 4) is 5.75 Å². The molecule has 0 fully saturated rings. The van der Waals surface area contributed by atoms with E-state index in [1.807, 2.05) is 19.1 Å². The monoisotopic (exact) mass is 264 g/mol. The van der Waals surface area contributed by atoms with Gasteiger partial charge in [-0.2, -0.15) is 0 Å². The molecule has 2 nitrogen and oxygen atoms in total. The molecule has 0 aliphatic heterocycles. The van der Waals surface area contributed by atoms with Gasteiger partial charge in [0, 0.05) is 6.61 Å². The van der Waals surface area contributed by atoms with Crippen LogP contribution in [0.25, 0.3) is 0 Å². The van der Waals surface area contributed by atoms with Gasteiger partial charge in [0.2, 0.25) is 0 Å². The van der Waals surface area contributed by atoms with Gasteiger partial charge in [-0.3, -0.25) is 0 Å². The van der Waals surface area contributed by atoms with E-state index in [2.05, 4.69) is 19.1 Å². The number of benzene rings is 1. The second-order valence-corrected chi connectivity index (χ2v) is 4.90. The lowest BCUT2D eigenvalue weighted by atomic mass is 10.1. The third kappa shape index (κ3) is 7.89. The number of hydrogen-bond donors (Lipinski definition) is 0. The number of rotatable bonds is 11. The molecule has 0 saturated heterocycles. The normalized spacial score (nSPS) is 10.6. The Bertz CT molecular complexity index is 306. The molecule has 1 aromatic rings. The van der Waals surface area contributed by atoms with Gasteiger partial charge < -0.3 is 9.47 Å². The summed E-state index contributed by atoms with van der Waals surface area (Å²) in [5.41, 5.74) is 1.22. The number of unbranched alkanes of at least 4 members (excludes halogenated alkanes) is 5. The Labute approximate surface area is 118 Å². The fourth-order valence-electron chi connectivity index (χ4n) is 2.02. The zero-order valence-corrected chi connectivity index (χ0v) is 12.5. The Balaban J connectivity index is 2.02.